The van der Waals surface area contributed by atoms with E-state index in [-0.39, 0.29) is 5.91 Å². The molecule has 1 aliphatic heterocycles. The molecule has 0 bridgehead atoms. The maximum atomic E-state index is 12.7. The van der Waals surface area contributed by atoms with Crippen molar-refractivity contribution in [1.29, 1.82) is 0 Å². The molecule has 3 heterocycles. The number of aromatic nitrogens is 3. The molecule has 2 aromatic heterocycles. The fourth-order valence-corrected chi connectivity index (χ4v) is 3.87. The van der Waals surface area contributed by atoms with Crippen molar-refractivity contribution >= 4 is 5.91 Å². The number of ether oxygens (including phenoxy) is 1. The first kappa shape index (κ1) is 20.1. The molecular weight excluding hydrogens is 376 g/mol. The van der Waals surface area contributed by atoms with Gasteiger partial charge < -0.3 is 9.64 Å². The Morgan fingerprint density at radius 3 is 2.37 bits per heavy atom. The van der Waals surface area contributed by atoms with E-state index in [0.717, 1.165) is 49.4 Å². The Kier molecular flexibility index (Phi) is 6.12. The smallest absolute Gasteiger partial charge is 0.274 e. The van der Waals surface area contributed by atoms with E-state index in [9.17, 15) is 4.79 Å². The zero-order chi connectivity index (χ0) is 20.9. The first-order valence-corrected chi connectivity index (χ1v) is 10.5. The molecule has 1 saturated heterocycles. The molecule has 0 aliphatic carbocycles. The quantitative estimate of drug-likeness (QED) is 0.627. The van der Waals surface area contributed by atoms with Crippen LogP contribution >= 0.6 is 0 Å². The van der Waals surface area contributed by atoms with Gasteiger partial charge >= 0.3 is 0 Å². The molecule has 1 amide bonds. The van der Waals surface area contributed by atoms with Gasteiger partial charge in [-0.05, 0) is 61.4 Å². The van der Waals surface area contributed by atoms with E-state index < -0.39 is 0 Å². The first-order chi connectivity index (χ1) is 14.6. The first-order valence-electron chi connectivity index (χ1n) is 10.5. The highest BCUT2D eigenvalue weighted by Crippen LogP contribution is 2.23. The molecule has 0 atom stereocenters. The van der Waals surface area contributed by atoms with Gasteiger partial charge in [0.2, 0.25) is 0 Å². The average molecular weight is 405 g/mol. The standard InChI is InChI=1S/C24H28N4O2/c1-18-15-23(26-27(18)2)24(29)28-13-9-20(10-14-28)16-19-3-5-21(6-4-19)17-30-22-7-11-25-12-8-22/h3-8,11-12,15,20H,9-10,13-14,16-17H2,1-2H3. The summed E-state index contributed by atoms with van der Waals surface area (Å²) in [6, 6.07) is 14.3. The number of carbonyl (C=O) groups is 1. The predicted molar refractivity (Wildman–Crippen MR) is 115 cm³/mol. The zero-order valence-electron chi connectivity index (χ0n) is 17.6. The summed E-state index contributed by atoms with van der Waals surface area (Å²) in [5.41, 5.74) is 4.05. The lowest BCUT2D eigenvalue weighted by molar-refractivity contribution is 0.0684. The van der Waals surface area contributed by atoms with Crippen LogP contribution in [0.3, 0.4) is 0 Å². The third-order valence-corrected chi connectivity index (χ3v) is 5.84. The Labute approximate surface area is 177 Å². The van der Waals surface area contributed by atoms with E-state index >= 15 is 0 Å². The molecular formula is C24H28N4O2. The van der Waals surface area contributed by atoms with Crippen LogP contribution in [0.5, 0.6) is 5.75 Å². The molecule has 0 radical (unpaired) electrons. The number of likely N-dealkylation sites (tertiary alicyclic amines) is 1. The maximum Gasteiger partial charge on any atom is 0.274 e. The van der Waals surface area contributed by atoms with Crippen LogP contribution in [-0.2, 0) is 20.1 Å². The van der Waals surface area contributed by atoms with Gasteiger partial charge in [0.05, 0.1) is 0 Å². The molecule has 156 valence electrons. The Bertz CT molecular complexity index is 955. The Hall–Kier alpha value is -3.15. The minimum absolute atomic E-state index is 0.0516. The predicted octanol–water partition coefficient (Wildman–Crippen LogP) is 3.80. The second-order valence-electron chi connectivity index (χ2n) is 8.02. The van der Waals surface area contributed by atoms with Crippen molar-refractivity contribution in [3.8, 4) is 5.75 Å². The minimum atomic E-state index is 0.0516. The van der Waals surface area contributed by atoms with Gasteiger partial charge in [0.1, 0.15) is 12.4 Å². The number of benzene rings is 1. The summed E-state index contributed by atoms with van der Waals surface area (Å²) >= 11 is 0. The van der Waals surface area contributed by atoms with Gasteiger partial charge in [-0.15, -0.1) is 0 Å². The summed E-state index contributed by atoms with van der Waals surface area (Å²) in [6.45, 7) is 4.12. The highest BCUT2D eigenvalue weighted by Gasteiger charge is 2.25. The van der Waals surface area contributed by atoms with Crippen molar-refractivity contribution in [2.45, 2.75) is 32.8 Å². The molecule has 30 heavy (non-hydrogen) atoms. The lowest BCUT2D eigenvalue weighted by Crippen LogP contribution is -2.39. The summed E-state index contributed by atoms with van der Waals surface area (Å²) in [7, 11) is 1.87. The topological polar surface area (TPSA) is 60.3 Å². The van der Waals surface area contributed by atoms with Gasteiger partial charge in [-0.2, -0.15) is 5.10 Å². The summed E-state index contributed by atoms with van der Waals surface area (Å²) in [5, 5.41) is 4.33. The van der Waals surface area contributed by atoms with E-state index in [1.165, 1.54) is 5.56 Å². The van der Waals surface area contributed by atoms with E-state index in [2.05, 4.69) is 34.3 Å². The maximum absolute atomic E-state index is 12.7. The average Bonchev–Trinajstić information content (AvgIpc) is 3.12. The lowest BCUT2D eigenvalue weighted by Gasteiger charge is -2.31. The number of amides is 1. The van der Waals surface area contributed by atoms with Gasteiger partial charge in [0.25, 0.3) is 5.91 Å². The van der Waals surface area contributed by atoms with Crippen LogP contribution in [0.2, 0.25) is 0 Å². The number of piperidine rings is 1. The van der Waals surface area contributed by atoms with Crippen LogP contribution in [0.4, 0.5) is 0 Å². The molecule has 4 rings (SSSR count). The molecule has 6 heteroatoms. The SMILES string of the molecule is Cc1cc(C(=O)N2CCC(Cc3ccc(COc4ccncc4)cc3)CC2)nn1C. The van der Waals surface area contributed by atoms with Crippen molar-refractivity contribution in [1.82, 2.24) is 19.7 Å². The number of nitrogens with zero attached hydrogens (tertiary/aromatic N) is 4. The van der Waals surface area contributed by atoms with Crippen LogP contribution in [0.1, 0.15) is 40.2 Å². The van der Waals surface area contributed by atoms with E-state index in [1.54, 1.807) is 17.1 Å². The molecule has 1 aromatic carbocycles. The van der Waals surface area contributed by atoms with Crippen molar-refractivity contribution in [3.05, 3.63) is 77.4 Å². The van der Waals surface area contributed by atoms with Crippen LogP contribution in [-0.4, -0.2) is 38.7 Å². The minimum Gasteiger partial charge on any atom is -0.489 e. The van der Waals surface area contributed by atoms with Gasteiger partial charge in [-0.1, -0.05) is 24.3 Å². The van der Waals surface area contributed by atoms with Gasteiger partial charge in [-0.25, -0.2) is 0 Å². The molecule has 0 spiro atoms. The monoisotopic (exact) mass is 404 g/mol. The fourth-order valence-electron chi connectivity index (χ4n) is 3.87. The summed E-state index contributed by atoms with van der Waals surface area (Å²) in [5.74, 6) is 1.49. The van der Waals surface area contributed by atoms with Crippen LogP contribution in [0, 0.1) is 12.8 Å². The molecule has 0 unspecified atom stereocenters. The Morgan fingerprint density at radius 1 is 1.07 bits per heavy atom. The molecule has 1 fully saturated rings. The van der Waals surface area contributed by atoms with Crippen molar-refractivity contribution in [2.75, 3.05) is 13.1 Å². The number of rotatable bonds is 6. The van der Waals surface area contributed by atoms with E-state index in [4.69, 9.17) is 4.74 Å². The largest absolute Gasteiger partial charge is 0.489 e. The third kappa shape index (κ3) is 4.87. The second kappa shape index (κ2) is 9.11. The Balaban J connectivity index is 1.25. The van der Waals surface area contributed by atoms with Gasteiger partial charge in [0.15, 0.2) is 5.69 Å². The van der Waals surface area contributed by atoms with Crippen molar-refractivity contribution in [2.24, 2.45) is 13.0 Å². The molecule has 0 N–H and O–H groups in total. The molecule has 0 saturated carbocycles. The fraction of sp³-hybridized carbons (Fsp3) is 0.375. The Morgan fingerprint density at radius 2 is 1.73 bits per heavy atom. The number of carbonyl (C=O) groups excluding carboxylic acids is 1. The van der Waals surface area contributed by atoms with Crippen LogP contribution in [0.15, 0.2) is 54.9 Å². The summed E-state index contributed by atoms with van der Waals surface area (Å²) in [4.78, 5) is 18.6. The number of hydrogen-bond acceptors (Lipinski definition) is 4. The zero-order valence-corrected chi connectivity index (χ0v) is 17.6. The van der Waals surface area contributed by atoms with Gasteiger partial charge in [-0.3, -0.25) is 14.5 Å². The number of pyridine rings is 1. The van der Waals surface area contributed by atoms with Crippen molar-refractivity contribution < 1.29 is 9.53 Å². The molecule has 1 aliphatic rings. The highest BCUT2D eigenvalue weighted by atomic mass is 16.5. The van der Waals surface area contributed by atoms with Crippen LogP contribution in [0.25, 0.3) is 0 Å². The van der Waals surface area contributed by atoms with Gasteiger partial charge in [0, 0.05) is 38.2 Å². The lowest BCUT2D eigenvalue weighted by atomic mass is 9.90. The molecule has 6 nitrogen and oxygen atoms in total. The summed E-state index contributed by atoms with van der Waals surface area (Å²) in [6.07, 6.45) is 6.58. The normalized spacial score (nSPS) is 14.7. The number of aryl methyl sites for hydroxylation is 2. The van der Waals surface area contributed by atoms with E-state index in [0.29, 0.717) is 18.2 Å². The van der Waals surface area contributed by atoms with Crippen molar-refractivity contribution in [3.63, 3.8) is 0 Å². The van der Waals surface area contributed by atoms with E-state index in [1.807, 2.05) is 37.1 Å². The third-order valence-electron chi connectivity index (χ3n) is 5.84. The van der Waals surface area contributed by atoms with Crippen LogP contribution < -0.4 is 4.74 Å². The highest BCUT2D eigenvalue weighted by molar-refractivity contribution is 5.92. The second-order valence-corrected chi connectivity index (χ2v) is 8.02. The number of hydrogen-bond donors (Lipinski definition) is 0. The summed E-state index contributed by atoms with van der Waals surface area (Å²) < 4.78 is 7.53. The molecule has 3 aromatic rings.